The van der Waals surface area contributed by atoms with Crippen LogP contribution in [0.15, 0.2) is 58.3 Å². The fraction of sp³-hybridized carbons (Fsp3) is 0.242. The molecule has 0 fully saturated rings. The van der Waals surface area contributed by atoms with Crippen LogP contribution < -0.4 is 16.0 Å². The quantitative estimate of drug-likeness (QED) is 0.273. The summed E-state index contributed by atoms with van der Waals surface area (Å²) in [4.78, 5) is 58.4. The van der Waals surface area contributed by atoms with Crippen LogP contribution in [0.1, 0.15) is 60.3 Å². The first-order valence-electron chi connectivity index (χ1n) is 13.8. The number of carboxylic acid groups (broad SMARTS) is 2. The van der Waals surface area contributed by atoms with E-state index in [1.54, 1.807) is 32.1 Å². The molecular formula is C33H34N4O6. The smallest absolute Gasteiger partial charge is 0.303 e. The number of aliphatic imine (C=N–C) groups is 1. The van der Waals surface area contributed by atoms with Gasteiger partial charge in [-0.3, -0.25) is 19.2 Å². The van der Waals surface area contributed by atoms with Crippen molar-refractivity contribution in [1.29, 1.82) is 0 Å². The van der Waals surface area contributed by atoms with Crippen molar-refractivity contribution in [2.75, 3.05) is 0 Å². The molecule has 0 radical (unpaired) electrons. The van der Waals surface area contributed by atoms with E-state index < -0.39 is 11.9 Å². The molecule has 0 saturated heterocycles. The van der Waals surface area contributed by atoms with Gasteiger partial charge in [0.1, 0.15) is 0 Å². The third kappa shape index (κ3) is 6.18. The highest BCUT2D eigenvalue weighted by Crippen LogP contribution is 2.27. The van der Waals surface area contributed by atoms with Crippen LogP contribution in [0, 0.1) is 13.8 Å². The third-order valence-electron chi connectivity index (χ3n) is 7.87. The van der Waals surface area contributed by atoms with Gasteiger partial charge in [0, 0.05) is 51.6 Å². The van der Waals surface area contributed by atoms with Crippen LogP contribution in [0.3, 0.4) is 0 Å². The Morgan fingerprint density at radius 3 is 1.98 bits per heavy atom. The van der Waals surface area contributed by atoms with Gasteiger partial charge in [-0.25, -0.2) is 4.99 Å². The Balaban J connectivity index is 1.92. The van der Waals surface area contributed by atoms with Crippen molar-refractivity contribution >= 4 is 47.7 Å². The zero-order chi connectivity index (χ0) is 31.6. The number of nitrogens with zero attached hydrogens (tertiary/aromatic N) is 1. The first kappa shape index (κ1) is 30.7. The Labute approximate surface area is 248 Å². The van der Waals surface area contributed by atoms with Gasteiger partial charge in [0.2, 0.25) is 0 Å². The fourth-order valence-corrected chi connectivity index (χ4v) is 5.34. The van der Waals surface area contributed by atoms with E-state index in [0.717, 1.165) is 22.3 Å². The average molecular weight is 583 g/mol. The maximum absolute atomic E-state index is 12.3. The van der Waals surface area contributed by atoms with Gasteiger partial charge >= 0.3 is 11.9 Å². The number of carbonyl (C=O) groups excluding carboxylic acids is 2. The van der Waals surface area contributed by atoms with E-state index in [-0.39, 0.29) is 37.5 Å². The maximum Gasteiger partial charge on any atom is 0.303 e. The molecule has 2 aliphatic heterocycles. The summed E-state index contributed by atoms with van der Waals surface area (Å²) in [7, 11) is 0. The summed E-state index contributed by atoms with van der Waals surface area (Å²) in [6.07, 6.45) is 8.80. The van der Waals surface area contributed by atoms with E-state index in [0.29, 0.717) is 55.8 Å². The molecule has 10 heteroatoms. The van der Waals surface area contributed by atoms with E-state index in [1.807, 2.05) is 19.9 Å². The fourth-order valence-electron chi connectivity index (χ4n) is 5.34. The highest BCUT2D eigenvalue weighted by molar-refractivity contribution is 6.31. The number of H-pyrrole nitrogens is 2. The lowest BCUT2D eigenvalue weighted by Gasteiger charge is -2.02. The van der Waals surface area contributed by atoms with E-state index >= 15 is 0 Å². The van der Waals surface area contributed by atoms with Gasteiger partial charge in [-0.15, -0.1) is 0 Å². The number of allylic oxidation sites excluding steroid dienone is 2. The topological polar surface area (TPSA) is 165 Å². The monoisotopic (exact) mass is 582 g/mol. The van der Waals surface area contributed by atoms with Crippen molar-refractivity contribution in [3.63, 3.8) is 0 Å². The molecule has 0 spiro atoms. The molecular weight excluding hydrogens is 548 g/mol. The minimum Gasteiger partial charge on any atom is -0.481 e. The number of nitrogens with one attached hydrogen (secondary N) is 3. The molecule has 0 unspecified atom stereocenters. The van der Waals surface area contributed by atoms with Crippen molar-refractivity contribution in [2.24, 2.45) is 4.99 Å². The predicted molar refractivity (Wildman–Crippen MR) is 165 cm³/mol. The minimum absolute atomic E-state index is 0.0943. The molecule has 4 heterocycles. The SMILES string of the molecule is C=CC1=C(C)C(/C=c2\[nH]/c(=C/c3[nH]c(/C=C4/NC(=O)C(C)=C4C=C)c(C)c3CCC(=O)O)c(CCC(=O)O)c2C)=NC1=O. The lowest BCUT2D eigenvalue weighted by atomic mass is 10.0. The molecule has 0 atom stereocenters. The number of carboxylic acids is 2. The van der Waals surface area contributed by atoms with Crippen LogP contribution >= 0.6 is 0 Å². The first-order valence-corrected chi connectivity index (χ1v) is 13.8. The van der Waals surface area contributed by atoms with Crippen molar-refractivity contribution in [1.82, 2.24) is 15.3 Å². The zero-order valence-electron chi connectivity index (χ0n) is 24.6. The maximum atomic E-state index is 12.3. The number of aromatic amines is 2. The highest BCUT2D eigenvalue weighted by Gasteiger charge is 2.23. The van der Waals surface area contributed by atoms with Crippen LogP contribution in [0.2, 0.25) is 0 Å². The van der Waals surface area contributed by atoms with Crippen LogP contribution in [0.5, 0.6) is 0 Å². The van der Waals surface area contributed by atoms with E-state index in [9.17, 15) is 29.4 Å². The summed E-state index contributed by atoms with van der Waals surface area (Å²) in [5, 5.41) is 23.0. The number of amides is 2. The summed E-state index contributed by atoms with van der Waals surface area (Å²) < 4.78 is 0. The molecule has 2 aromatic rings. The second-order valence-electron chi connectivity index (χ2n) is 10.5. The van der Waals surface area contributed by atoms with Gasteiger partial charge in [0.15, 0.2) is 0 Å². The molecule has 5 N–H and O–H groups in total. The zero-order valence-corrected chi connectivity index (χ0v) is 24.6. The van der Waals surface area contributed by atoms with Gasteiger partial charge in [-0.1, -0.05) is 25.3 Å². The Hall–Kier alpha value is -5.25. The van der Waals surface area contributed by atoms with Crippen LogP contribution in [0.4, 0.5) is 0 Å². The van der Waals surface area contributed by atoms with Crippen molar-refractivity contribution in [3.8, 4) is 0 Å². The molecule has 0 saturated carbocycles. The molecule has 0 aromatic carbocycles. The molecule has 0 aliphatic carbocycles. The molecule has 2 aliphatic rings. The van der Waals surface area contributed by atoms with Gasteiger partial charge in [-0.05, 0) is 86.6 Å². The average Bonchev–Trinajstić information content (AvgIpc) is 3.59. The lowest BCUT2D eigenvalue weighted by Crippen LogP contribution is -2.15. The number of aromatic nitrogens is 2. The van der Waals surface area contributed by atoms with Crippen molar-refractivity contribution < 1.29 is 29.4 Å². The number of aliphatic carboxylic acids is 2. The largest absolute Gasteiger partial charge is 0.481 e. The minimum atomic E-state index is -0.941. The van der Waals surface area contributed by atoms with E-state index in [4.69, 9.17) is 0 Å². The highest BCUT2D eigenvalue weighted by atomic mass is 16.4. The van der Waals surface area contributed by atoms with Gasteiger partial charge in [0.25, 0.3) is 11.8 Å². The predicted octanol–water partition coefficient (Wildman–Crippen LogP) is 3.06. The Bertz CT molecular complexity index is 1860. The molecule has 0 bridgehead atoms. The summed E-state index contributed by atoms with van der Waals surface area (Å²) in [5.74, 6) is -2.46. The summed E-state index contributed by atoms with van der Waals surface area (Å²) in [6, 6.07) is 0. The number of carbonyl (C=O) groups is 4. The van der Waals surface area contributed by atoms with Crippen LogP contribution in [-0.2, 0) is 32.0 Å². The van der Waals surface area contributed by atoms with Gasteiger partial charge < -0.3 is 25.5 Å². The Kier molecular flexibility index (Phi) is 8.80. The summed E-state index contributed by atoms with van der Waals surface area (Å²) in [6.45, 7) is 14.8. The summed E-state index contributed by atoms with van der Waals surface area (Å²) >= 11 is 0. The second kappa shape index (κ2) is 12.3. The Morgan fingerprint density at radius 1 is 0.767 bits per heavy atom. The number of rotatable bonds is 11. The Morgan fingerprint density at radius 2 is 1.40 bits per heavy atom. The molecule has 222 valence electrons. The standard InChI is InChI=1S/C33H34N4O6/c1-7-20-19(6)32(42)37-27(20)14-25-18(5)23(10-12-31(40)41)29(35-25)15-28-22(9-11-30(38)39)17(4)24(34-28)13-26-16(3)21(8-2)33(43)36-26/h7-8,13-15,34-35H,1-2,9-12H2,3-6H3,(H,37,42)(H,38,39)(H,40,41)/b24-13-,27-14+,28-15+. The van der Waals surface area contributed by atoms with Gasteiger partial charge in [-0.2, -0.15) is 0 Å². The van der Waals surface area contributed by atoms with E-state index in [2.05, 4.69) is 33.4 Å². The molecule has 43 heavy (non-hydrogen) atoms. The summed E-state index contributed by atoms with van der Waals surface area (Å²) in [5.41, 5.74) is 7.97. The third-order valence-corrected chi connectivity index (χ3v) is 7.87. The van der Waals surface area contributed by atoms with Crippen molar-refractivity contribution in [2.45, 2.75) is 53.4 Å². The molecule has 2 aromatic heterocycles. The van der Waals surface area contributed by atoms with Crippen molar-refractivity contribution in [3.05, 3.63) is 97.6 Å². The molecule has 2 amide bonds. The molecule has 10 nitrogen and oxygen atoms in total. The normalized spacial score (nSPS) is 16.9. The first-order chi connectivity index (χ1) is 20.4. The lowest BCUT2D eigenvalue weighted by molar-refractivity contribution is -0.138. The van der Waals surface area contributed by atoms with Crippen LogP contribution in [-0.4, -0.2) is 49.6 Å². The molecule has 4 rings (SSSR count). The van der Waals surface area contributed by atoms with Crippen LogP contribution in [0.25, 0.3) is 18.2 Å². The van der Waals surface area contributed by atoms with E-state index in [1.165, 1.54) is 6.08 Å². The second-order valence-corrected chi connectivity index (χ2v) is 10.5. The number of hydrogen-bond donors (Lipinski definition) is 5. The number of hydrogen-bond acceptors (Lipinski definition) is 4. The van der Waals surface area contributed by atoms with Gasteiger partial charge in [0.05, 0.1) is 11.4 Å².